The van der Waals surface area contributed by atoms with E-state index in [0.29, 0.717) is 5.82 Å². The zero-order valence-corrected chi connectivity index (χ0v) is 19.6. The van der Waals surface area contributed by atoms with Gasteiger partial charge in [0.2, 0.25) is 5.60 Å². The summed E-state index contributed by atoms with van der Waals surface area (Å²) in [5, 5.41) is 20.6. The lowest BCUT2D eigenvalue weighted by molar-refractivity contribution is -0.161. The highest BCUT2D eigenvalue weighted by molar-refractivity contribution is 7.84. The number of nitrogen functional groups attached to an aromatic ring is 1. The SMILES string of the molecule is Cc1ncn(CC2C(NC(=O)C(=NOC(C)(C)C(=O)O)c3csc(N)n3)C(=O)N2S(=O)(=O)O)n1. The molecule has 18 heteroatoms. The van der Waals surface area contributed by atoms with E-state index in [-0.39, 0.29) is 21.7 Å². The van der Waals surface area contributed by atoms with Crippen LogP contribution in [0.1, 0.15) is 25.4 Å². The van der Waals surface area contributed by atoms with E-state index >= 15 is 0 Å². The van der Waals surface area contributed by atoms with E-state index in [0.717, 1.165) is 11.3 Å². The molecule has 184 valence electrons. The van der Waals surface area contributed by atoms with Crippen LogP contribution in [0.5, 0.6) is 0 Å². The van der Waals surface area contributed by atoms with Gasteiger partial charge in [0, 0.05) is 5.38 Å². The first-order valence-electron chi connectivity index (χ1n) is 9.39. The molecule has 3 rings (SSSR count). The van der Waals surface area contributed by atoms with Crippen LogP contribution in [-0.4, -0.2) is 83.3 Å². The fourth-order valence-electron chi connectivity index (χ4n) is 2.82. The molecule has 3 heterocycles. The zero-order chi connectivity index (χ0) is 25.4. The number of hydrogen-bond acceptors (Lipinski definition) is 12. The molecule has 1 saturated heterocycles. The van der Waals surface area contributed by atoms with Crippen molar-refractivity contribution < 1.29 is 37.3 Å². The number of amides is 2. The number of aromatic nitrogens is 4. The predicted molar refractivity (Wildman–Crippen MR) is 115 cm³/mol. The number of thiazole rings is 1. The van der Waals surface area contributed by atoms with Gasteiger partial charge in [-0.05, 0) is 20.8 Å². The van der Waals surface area contributed by atoms with Gasteiger partial charge in [-0.3, -0.25) is 18.8 Å². The Bertz CT molecular complexity index is 1270. The molecule has 0 radical (unpaired) electrons. The van der Waals surface area contributed by atoms with Crippen LogP contribution in [0.4, 0.5) is 5.13 Å². The van der Waals surface area contributed by atoms with Crippen molar-refractivity contribution in [2.24, 2.45) is 5.16 Å². The highest BCUT2D eigenvalue weighted by atomic mass is 32.2. The van der Waals surface area contributed by atoms with E-state index in [2.05, 4.69) is 25.5 Å². The van der Waals surface area contributed by atoms with E-state index < -0.39 is 51.5 Å². The molecule has 0 bridgehead atoms. The molecule has 2 aromatic rings. The van der Waals surface area contributed by atoms with Crippen molar-refractivity contribution in [3.8, 4) is 0 Å². The van der Waals surface area contributed by atoms with Crippen molar-refractivity contribution in [3.63, 3.8) is 0 Å². The Balaban J connectivity index is 1.89. The molecule has 1 aliphatic heterocycles. The molecule has 34 heavy (non-hydrogen) atoms. The second-order valence-electron chi connectivity index (χ2n) is 7.56. The first-order valence-corrected chi connectivity index (χ1v) is 11.7. The van der Waals surface area contributed by atoms with E-state index in [4.69, 9.17) is 10.6 Å². The normalized spacial score (nSPS) is 19.0. The summed E-state index contributed by atoms with van der Waals surface area (Å²) in [5.41, 5.74) is 3.22. The largest absolute Gasteiger partial charge is 0.478 e. The fourth-order valence-corrected chi connectivity index (χ4v) is 4.24. The molecule has 0 aliphatic carbocycles. The highest BCUT2D eigenvalue weighted by Gasteiger charge is 2.54. The molecule has 0 saturated carbocycles. The van der Waals surface area contributed by atoms with Crippen LogP contribution < -0.4 is 11.1 Å². The van der Waals surface area contributed by atoms with Crippen LogP contribution in [0.2, 0.25) is 0 Å². The number of oxime groups is 1. The van der Waals surface area contributed by atoms with E-state index in [1.165, 1.54) is 30.2 Å². The van der Waals surface area contributed by atoms with Crippen LogP contribution in [0.15, 0.2) is 16.9 Å². The Morgan fingerprint density at radius 3 is 2.59 bits per heavy atom. The molecular formula is C16H20N8O8S2. The summed E-state index contributed by atoms with van der Waals surface area (Å²) < 4.78 is 34.2. The number of nitrogens with zero attached hydrogens (tertiary/aromatic N) is 6. The number of carbonyl (C=O) groups excluding carboxylic acids is 2. The molecular weight excluding hydrogens is 496 g/mol. The van der Waals surface area contributed by atoms with Gasteiger partial charge in [0.15, 0.2) is 10.8 Å². The number of nitrogens with one attached hydrogen (secondary N) is 1. The van der Waals surface area contributed by atoms with Crippen molar-refractivity contribution in [1.29, 1.82) is 0 Å². The van der Waals surface area contributed by atoms with Gasteiger partial charge in [0.1, 0.15) is 23.9 Å². The maximum absolute atomic E-state index is 13.0. The van der Waals surface area contributed by atoms with Crippen molar-refractivity contribution in [2.75, 3.05) is 5.73 Å². The number of β-lactam (4-membered cyclic amide) rings is 1. The van der Waals surface area contributed by atoms with Crippen LogP contribution in [0.25, 0.3) is 0 Å². The minimum absolute atomic E-state index is 0.0666. The summed E-state index contributed by atoms with van der Waals surface area (Å²) in [5.74, 6) is -3.13. The lowest BCUT2D eigenvalue weighted by Gasteiger charge is -2.43. The number of rotatable bonds is 9. The van der Waals surface area contributed by atoms with E-state index in [1.807, 2.05) is 0 Å². The minimum atomic E-state index is -4.93. The third-order valence-electron chi connectivity index (χ3n) is 4.59. The second-order valence-corrected chi connectivity index (χ2v) is 9.74. The van der Waals surface area contributed by atoms with Gasteiger partial charge in [-0.25, -0.2) is 19.1 Å². The lowest BCUT2D eigenvalue weighted by atomic mass is 9.98. The topological polar surface area (TPSA) is 232 Å². The summed E-state index contributed by atoms with van der Waals surface area (Å²) in [6, 6.07) is -2.65. The van der Waals surface area contributed by atoms with Crippen LogP contribution in [-0.2, 0) is 36.1 Å². The molecule has 2 atom stereocenters. The third-order valence-corrected chi connectivity index (χ3v) is 6.21. The van der Waals surface area contributed by atoms with E-state index in [9.17, 15) is 32.5 Å². The Hall–Kier alpha value is -3.64. The van der Waals surface area contributed by atoms with E-state index in [1.54, 1.807) is 6.92 Å². The third kappa shape index (κ3) is 5.13. The van der Waals surface area contributed by atoms with Crippen molar-refractivity contribution in [3.05, 3.63) is 23.2 Å². The fraction of sp³-hybridized carbons (Fsp3) is 0.438. The van der Waals surface area contributed by atoms with Crippen LogP contribution in [0.3, 0.4) is 0 Å². The van der Waals surface area contributed by atoms with Gasteiger partial charge in [0.25, 0.3) is 11.8 Å². The molecule has 16 nitrogen and oxygen atoms in total. The average molecular weight is 517 g/mol. The highest BCUT2D eigenvalue weighted by Crippen LogP contribution is 2.25. The number of anilines is 1. The molecule has 1 fully saturated rings. The van der Waals surface area contributed by atoms with Crippen LogP contribution in [0, 0.1) is 6.92 Å². The van der Waals surface area contributed by atoms with Gasteiger partial charge in [-0.1, -0.05) is 5.16 Å². The summed E-state index contributed by atoms with van der Waals surface area (Å²) in [4.78, 5) is 49.6. The number of aryl methyl sites for hydroxylation is 1. The number of nitrogens with two attached hydrogens (primary N) is 1. The first-order chi connectivity index (χ1) is 15.7. The Kier molecular flexibility index (Phi) is 6.58. The van der Waals surface area contributed by atoms with Gasteiger partial charge in [-0.15, -0.1) is 11.3 Å². The number of aliphatic carboxylic acids is 1. The molecule has 2 aromatic heterocycles. The van der Waals surface area contributed by atoms with Crippen molar-refractivity contribution >= 4 is 50.3 Å². The summed E-state index contributed by atoms with van der Waals surface area (Å²) >= 11 is 0.965. The molecule has 2 amide bonds. The first kappa shape index (κ1) is 25.0. The predicted octanol–water partition coefficient (Wildman–Crippen LogP) is -1.59. The lowest BCUT2D eigenvalue weighted by Crippen LogP contribution is -2.73. The smallest absolute Gasteiger partial charge is 0.362 e. The zero-order valence-electron chi connectivity index (χ0n) is 17.9. The second kappa shape index (κ2) is 8.95. The molecule has 1 aliphatic rings. The molecule has 2 unspecified atom stereocenters. The average Bonchev–Trinajstić information content (AvgIpc) is 3.32. The van der Waals surface area contributed by atoms with Gasteiger partial charge in [-0.2, -0.15) is 13.5 Å². The number of hydrogen-bond donors (Lipinski definition) is 4. The van der Waals surface area contributed by atoms with Gasteiger partial charge >= 0.3 is 16.3 Å². The van der Waals surface area contributed by atoms with Gasteiger partial charge < -0.3 is 21.0 Å². The number of carboxylic acids is 1. The van der Waals surface area contributed by atoms with Crippen LogP contribution >= 0.6 is 11.3 Å². The maximum atomic E-state index is 13.0. The molecule has 5 N–H and O–H groups in total. The Morgan fingerprint density at radius 1 is 1.41 bits per heavy atom. The molecule has 0 spiro atoms. The summed E-state index contributed by atoms with van der Waals surface area (Å²) in [6.07, 6.45) is 1.28. The Labute approximate surface area is 196 Å². The van der Waals surface area contributed by atoms with Gasteiger partial charge in [0.05, 0.1) is 12.6 Å². The van der Waals surface area contributed by atoms with Crippen molar-refractivity contribution in [2.45, 2.75) is 45.0 Å². The maximum Gasteiger partial charge on any atom is 0.362 e. The standard InChI is InChI=1S/C16H20N8O8S2/c1-7-18-6-23(21-7)4-9-11(13(26)24(9)34(29,30)31)20-12(25)10(8-5-33-15(17)19-8)22-32-16(2,3)14(27)28/h5-6,9,11H,4H2,1-3H3,(H2,17,19)(H,20,25)(H,27,28)(H,29,30,31). The monoisotopic (exact) mass is 516 g/mol. The number of carbonyl (C=O) groups is 3. The quantitative estimate of drug-likeness (QED) is 0.128. The number of carboxylic acid groups (broad SMARTS) is 1. The minimum Gasteiger partial charge on any atom is -0.478 e. The molecule has 0 aromatic carbocycles. The Morgan fingerprint density at radius 2 is 2.09 bits per heavy atom. The summed E-state index contributed by atoms with van der Waals surface area (Å²) in [7, 11) is -4.93. The van der Waals surface area contributed by atoms with Crippen molar-refractivity contribution in [1.82, 2.24) is 29.4 Å². The summed E-state index contributed by atoms with van der Waals surface area (Å²) in [6.45, 7) is 3.75.